The second-order valence-electron chi connectivity index (χ2n) is 7.13. The quantitative estimate of drug-likeness (QED) is 0.540. The number of nitrogens with two attached hydrogens (primary N) is 1. The smallest absolute Gasteiger partial charge is 0.326 e. The van der Waals surface area contributed by atoms with Crippen LogP contribution in [0.25, 0.3) is 21.9 Å². The Morgan fingerprint density at radius 3 is 2.88 bits per heavy atom. The Balaban J connectivity index is 1.85. The van der Waals surface area contributed by atoms with Crippen LogP contribution in [-0.4, -0.2) is 27.1 Å². The van der Waals surface area contributed by atoms with Gasteiger partial charge in [-0.3, -0.25) is 4.79 Å². The van der Waals surface area contributed by atoms with E-state index >= 15 is 0 Å². The van der Waals surface area contributed by atoms with Gasteiger partial charge in [0.1, 0.15) is 24.3 Å². The number of ether oxygens (including phenoxy) is 1. The Labute approximate surface area is 152 Å². The molecule has 0 amide bonds. The summed E-state index contributed by atoms with van der Waals surface area (Å²) in [6, 6.07) is 4.42. The number of carbonyl (C=O) groups is 1. The molecule has 1 aliphatic rings. The van der Waals surface area contributed by atoms with Crippen molar-refractivity contribution in [2.75, 3.05) is 12.3 Å². The molecule has 3 aromatic rings. The van der Waals surface area contributed by atoms with E-state index in [1.54, 1.807) is 0 Å². The van der Waals surface area contributed by atoms with Gasteiger partial charge in [-0.25, -0.2) is 9.97 Å². The minimum atomic E-state index is -0.250. The summed E-state index contributed by atoms with van der Waals surface area (Å²) < 4.78 is 7.28. The molecule has 136 valence electrons. The molecule has 6 heteroatoms. The highest BCUT2D eigenvalue weighted by molar-refractivity contribution is 6.12. The summed E-state index contributed by atoms with van der Waals surface area (Å²) in [5.41, 5.74) is 10.3. The molecule has 1 fully saturated rings. The summed E-state index contributed by atoms with van der Waals surface area (Å²) in [6.07, 6.45) is 5.79. The van der Waals surface area contributed by atoms with Gasteiger partial charge in [0.05, 0.1) is 17.5 Å². The van der Waals surface area contributed by atoms with Crippen LogP contribution in [0.5, 0.6) is 0 Å². The molecule has 2 N–H and O–H groups in total. The lowest BCUT2D eigenvalue weighted by atomic mass is 10.0. The van der Waals surface area contributed by atoms with Gasteiger partial charge >= 0.3 is 5.97 Å². The zero-order valence-electron chi connectivity index (χ0n) is 15.3. The van der Waals surface area contributed by atoms with Crippen molar-refractivity contribution in [1.29, 1.82) is 0 Å². The Bertz CT molecular complexity index is 989. The fourth-order valence-electron chi connectivity index (χ4n) is 3.63. The Morgan fingerprint density at radius 2 is 2.15 bits per heavy atom. The molecular formula is C20H24N4O2. The summed E-state index contributed by atoms with van der Waals surface area (Å²) in [6.45, 7) is 4.73. The van der Waals surface area contributed by atoms with E-state index in [4.69, 9.17) is 10.5 Å². The minimum Gasteiger partial charge on any atom is -0.464 e. The molecule has 26 heavy (non-hydrogen) atoms. The molecule has 0 aliphatic heterocycles. The van der Waals surface area contributed by atoms with Crippen LogP contribution in [0.15, 0.2) is 18.5 Å². The number of carbonyl (C=O) groups excluding carboxylic acids is 1. The van der Waals surface area contributed by atoms with Crippen molar-refractivity contribution in [3.63, 3.8) is 0 Å². The lowest BCUT2D eigenvalue weighted by molar-refractivity contribution is -0.144. The van der Waals surface area contributed by atoms with Crippen molar-refractivity contribution in [3.05, 3.63) is 29.6 Å². The third kappa shape index (κ3) is 2.89. The number of esters is 1. The number of unbranched alkanes of at least 4 members (excludes halogenated alkanes) is 1. The Morgan fingerprint density at radius 1 is 1.35 bits per heavy atom. The molecule has 4 rings (SSSR count). The topological polar surface area (TPSA) is 83.0 Å². The van der Waals surface area contributed by atoms with Crippen molar-refractivity contribution in [2.24, 2.45) is 0 Å². The number of hydrogen-bond donors (Lipinski definition) is 1. The second kappa shape index (κ2) is 6.59. The van der Waals surface area contributed by atoms with E-state index in [0.717, 1.165) is 34.7 Å². The van der Waals surface area contributed by atoms with Gasteiger partial charge in [-0.05, 0) is 49.3 Å². The van der Waals surface area contributed by atoms with Gasteiger partial charge in [0, 0.05) is 5.39 Å². The van der Waals surface area contributed by atoms with E-state index in [-0.39, 0.29) is 12.5 Å². The first-order valence-corrected chi connectivity index (χ1v) is 9.28. The van der Waals surface area contributed by atoms with Gasteiger partial charge in [-0.1, -0.05) is 19.4 Å². The molecule has 0 atom stereocenters. The van der Waals surface area contributed by atoms with Gasteiger partial charge in [0.15, 0.2) is 0 Å². The van der Waals surface area contributed by atoms with E-state index in [2.05, 4.69) is 35.9 Å². The third-order valence-corrected chi connectivity index (χ3v) is 5.07. The maximum Gasteiger partial charge on any atom is 0.326 e. The molecule has 0 saturated heterocycles. The predicted octanol–water partition coefficient (Wildman–Crippen LogP) is 3.70. The van der Waals surface area contributed by atoms with Crippen molar-refractivity contribution in [1.82, 2.24) is 14.5 Å². The maximum atomic E-state index is 12.3. The highest BCUT2D eigenvalue weighted by atomic mass is 16.5. The molecule has 1 aromatic carbocycles. The van der Waals surface area contributed by atoms with Crippen LogP contribution in [0.3, 0.4) is 0 Å². The fraction of sp³-hybridized carbons (Fsp3) is 0.450. The van der Waals surface area contributed by atoms with Crippen LogP contribution >= 0.6 is 0 Å². The Kier molecular flexibility index (Phi) is 4.26. The van der Waals surface area contributed by atoms with Crippen molar-refractivity contribution < 1.29 is 9.53 Å². The molecule has 0 unspecified atom stereocenters. The number of aryl methyl sites for hydroxylation is 1. The minimum absolute atomic E-state index is 0.129. The number of nitrogens with zero attached hydrogens (tertiary/aromatic N) is 3. The lowest BCUT2D eigenvalue weighted by Crippen LogP contribution is -2.15. The third-order valence-electron chi connectivity index (χ3n) is 5.07. The molecule has 0 bridgehead atoms. The summed E-state index contributed by atoms with van der Waals surface area (Å²) in [5.74, 6) is 0.840. The Hall–Kier alpha value is -2.63. The SMILES string of the molecule is CCCCOC(=O)Cn1c2ncnc(N)c2c2cc(C3CC3)cc(C)c21. The predicted molar refractivity (Wildman–Crippen MR) is 102 cm³/mol. The first-order chi connectivity index (χ1) is 12.6. The molecular weight excluding hydrogens is 328 g/mol. The second-order valence-corrected chi connectivity index (χ2v) is 7.13. The molecule has 2 aromatic heterocycles. The van der Waals surface area contributed by atoms with E-state index in [0.29, 0.717) is 24.0 Å². The van der Waals surface area contributed by atoms with Crippen LogP contribution in [-0.2, 0) is 16.1 Å². The average Bonchev–Trinajstić information content (AvgIpc) is 3.40. The summed E-state index contributed by atoms with van der Waals surface area (Å²) in [7, 11) is 0. The van der Waals surface area contributed by atoms with E-state index in [9.17, 15) is 4.79 Å². The summed E-state index contributed by atoms with van der Waals surface area (Å²) in [4.78, 5) is 20.9. The average molecular weight is 352 g/mol. The standard InChI is InChI=1S/C20H24N4O2/c1-3-4-7-26-16(25)10-24-18-12(2)8-14(13-5-6-13)9-15(18)17-19(21)22-11-23-20(17)24/h8-9,11,13H,3-7,10H2,1-2H3,(H2,21,22,23). The maximum absolute atomic E-state index is 12.3. The number of anilines is 1. The van der Waals surface area contributed by atoms with E-state index < -0.39 is 0 Å². The van der Waals surface area contributed by atoms with Crippen molar-refractivity contribution >= 4 is 33.7 Å². The number of aromatic nitrogens is 3. The molecule has 2 heterocycles. The van der Waals surface area contributed by atoms with Crippen LogP contribution in [0.2, 0.25) is 0 Å². The molecule has 6 nitrogen and oxygen atoms in total. The molecule has 1 saturated carbocycles. The van der Waals surface area contributed by atoms with Crippen LogP contribution in [0.4, 0.5) is 5.82 Å². The number of hydrogen-bond acceptors (Lipinski definition) is 5. The molecule has 0 spiro atoms. The van der Waals surface area contributed by atoms with E-state index in [1.807, 2.05) is 4.57 Å². The highest BCUT2D eigenvalue weighted by Gasteiger charge is 2.26. The highest BCUT2D eigenvalue weighted by Crippen LogP contribution is 2.43. The lowest BCUT2D eigenvalue weighted by Gasteiger charge is -2.10. The molecule has 0 radical (unpaired) electrons. The number of fused-ring (bicyclic) bond motifs is 3. The van der Waals surface area contributed by atoms with Crippen molar-refractivity contribution in [2.45, 2.75) is 52.0 Å². The van der Waals surface area contributed by atoms with Crippen LogP contribution in [0.1, 0.15) is 49.7 Å². The zero-order chi connectivity index (χ0) is 18.3. The van der Waals surface area contributed by atoms with Crippen molar-refractivity contribution in [3.8, 4) is 0 Å². The first-order valence-electron chi connectivity index (χ1n) is 9.28. The largest absolute Gasteiger partial charge is 0.464 e. The monoisotopic (exact) mass is 352 g/mol. The summed E-state index contributed by atoms with van der Waals surface area (Å²) in [5, 5.41) is 1.86. The zero-order valence-corrected chi connectivity index (χ0v) is 15.3. The van der Waals surface area contributed by atoms with E-state index in [1.165, 1.54) is 24.7 Å². The van der Waals surface area contributed by atoms with Gasteiger partial charge in [-0.15, -0.1) is 0 Å². The van der Waals surface area contributed by atoms with Gasteiger partial charge < -0.3 is 15.0 Å². The number of nitrogen functional groups attached to an aromatic ring is 1. The summed E-state index contributed by atoms with van der Waals surface area (Å²) >= 11 is 0. The molecule has 1 aliphatic carbocycles. The van der Waals surface area contributed by atoms with Crippen LogP contribution < -0.4 is 5.73 Å². The van der Waals surface area contributed by atoms with Gasteiger partial charge in [0.25, 0.3) is 0 Å². The first kappa shape index (κ1) is 16.8. The normalized spacial score (nSPS) is 14.2. The van der Waals surface area contributed by atoms with Crippen LogP contribution in [0, 0.1) is 6.92 Å². The number of benzene rings is 1. The van der Waals surface area contributed by atoms with Gasteiger partial charge in [0.2, 0.25) is 0 Å². The fourth-order valence-corrected chi connectivity index (χ4v) is 3.63. The number of rotatable bonds is 6. The van der Waals surface area contributed by atoms with Gasteiger partial charge in [-0.2, -0.15) is 0 Å².